The average Bonchev–Trinajstić information content (AvgIpc) is 2.41. The van der Waals surface area contributed by atoms with Crippen molar-refractivity contribution in [3.63, 3.8) is 0 Å². The van der Waals surface area contributed by atoms with Crippen molar-refractivity contribution in [1.29, 1.82) is 0 Å². The zero-order valence-electron chi connectivity index (χ0n) is 10.6. The summed E-state index contributed by atoms with van der Waals surface area (Å²) in [4.78, 5) is 17.2. The zero-order chi connectivity index (χ0) is 13.7. The van der Waals surface area contributed by atoms with Crippen LogP contribution in [0.25, 0.3) is 0 Å². The van der Waals surface area contributed by atoms with Crippen LogP contribution in [0.3, 0.4) is 0 Å². The van der Waals surface area contributed by atoms with E-state index in [1.807, 2.05) is 24.3 Å². The molecule has 0 saturated heterocycles. The molecule has 0 aliphatic rings. The summed E-state index contributed by atoms with van der Waals surface area (Å²) < 4.78 is 0.928. The van der Waals surface area contributed by atoms with E-state index in [0.29, 0.717) is 12.2 Å². The molecule has 4 heteroatoms. The number of aromatic nitrogens is 1. The molecule has 0 bridgehead atoms. The first-order valence-electron chi connectivity index (χ1n) is 5.95. The second-order valence-electron chi connectivity index (χ2n) is 4.28. The number of rotatable bonds is 5. The van der Waals surface area contributed by atoms with Gasteiger partial charge in [-0.3, -0.25) is 9.78 Å². The van der Waals surface area contributed by atoms with E-state index in [-0.39, 0.29) is 5.78 Å². The molecule has 0 saturated carbocycles. The highest BCUT2D eigenvalue weighted by Gasteiger charge is 2.06. The highest BCUT2D eigenvalue weighted by Crippen LogP contribution is 2.18. The van der Waals surface area contributed by atoms with Gasteiger partial charge in [-0.1, -0.05) is 17.7 Å². The lowest BCUT2D eigenvalue weighted by Gasteiger charge is -2.02. The highest BCUT2D eigenvalue weighted by molar-refractivity contribution is 9.10. The Labute approximate surface area is 125 Å². The highest BCUT2D eigenvalue weighted by atomic mass is 79.9. The summed E-state index contributed by atoms with van der Waals surface area (Å²) in [6.45, 7) is 2.05. The van der Waals surface area contributed by atoms with Crippen molar-refractivity contribution in [3.05, 3.63) is 58.3 Å². The molecule has 0 spiro atoms. The third-order valence-electron chi connectivity index (χ3n) is 2.59. The first-order valence-corrected chi connectivity index (χ1v) is 7.73. The van der Waals surface area contributed by atoms with Crippen molar-refractivity contribution >= 4 is 33.5 Å². The largest absolute Gasteiger partial charge is 0.298 e. The second kappa shape index (κ2) is 6.87. The minimum Gasteiger partial charge on any atom is -0.298 e. The molecule has 0 unspecified atom stereocenters. The molecule has 19 heavy (non-hydrogen) atoms. The van der Waals surface area contributed by atoms with Gasteiger partial charge in [-0.25, -0.2) is 0 Å². The molecule has 1 heterocycles. The third kappa shape index (κ3) is 4.80. The lowest BCUT2D eigenvalue weighted by molar-refractivity contribution is -0.116. The van der Waals surface area contributed by atoms with Gasteiger partial charge in [0.05, 0.1) is 5.75 Å². The fraction of sp³-hybridized carbons (Fsp3) is 0.200. The molecule has 98 valence electrons. The number of hydrogen-bond donors (Lipinski definition) is 0. The normalized spacial score (nSPS) is 10.4. The van der Waals surface area contributed by atoms with Crippen LogP contribution in [-0.4, -0.2) is 16.5 Å². The molecular formula is C15H14BrNOS. The van der Waals surface area contributed by atoms with Gasteiger partial charge in [-0.2, -0.15) is 0 Å². The van der Waals surface area contributed by atoms with Gasteiger partial charge in [0.25, 0.3) is 0 Å². The number of aryl methyl sites for hydroxylation is 1. The molecule has 1 aromatic heterocycles. The molecule has 0 amide bonds. The van der Waals surface area contributed by atoms with E-state index in [0.717, 1.165) is 15.1 Å². The summed E-state index contributed by atoms with van der Waals surface area (Å²) in [5, 5.41) is 0. The van der Waals surface area contributed by atoms with Crippen LogP contribution in [0.4, 0.5) is 0 Å². The molecule has 0 aliphatic carbocycles. The van der Waals surface area contributed by atoms with E-state index in [4.69, 9.17) is 0 Å². The number of nitrogens with zero attached hydrogens (tertiary/aromatic N) is 1. The molecule has 0 atom stereocenters. The quantitative estimate of drug-likeness (QED) is 0.772. The van der Waals surface area contributed by atoms with Crippen LogP contribution in [0, 0.1) is 6.92 Å². The maximum absolute atomic E-state index is 11.9. The van der Waals surface area contributed by atoms with E-state index in [1.54, 1.807) is 18.0 Å². The van der Waals surface area contributed by atoms with Crippen LogP contribution in [0.15, 0.2) is 52.0 Å². The molecule has 0 radical (unpaired) electrons. The first-order chi connectivity index (χ1) is 9.13. The van der Waals surface area contributed by atoms with Crippen LogP contribution in [-0.2, 0) is 11.2 Å². The predicted molar refractivity (Wildman–Crippen MR) is 82.6 cm³/mol. The number of hydrogen-bond acceptors (Lipinski definition) is 3. The number of ketones is 1. The number of Topliss-reactive ketones (excluding diaryl/α,β-unsaturated/α-hetero) is 1. The van der Waals surface area contributed by atoms with Gasteiger partial charge in [0.15, 0.2) is 0 Å². The van der Waals surface area contributed by atoms with E-state index in [2.05, 4.69) is 40.0 Å². The Kier molecular flexibility index (Phi) is 5.16. The molecule has 2 nitrogen and oxygen atoms in total. The third-order valence-corrected chi connectivity index (χ3v) is 4.13. The molecule has 0 N–H and O–H groups in total. The summed E-state index contributed by atoms with van der Waals surface area (Å²) in [6, 6.07) is 12.0. The Hall–Kier alpha value is -1.13. The standard InChI is InChI=1S/C15H14BrNOS/c1-11-2-6-15(7-3-11)19-10-14(18)8-13-5-4-12(16)9-17-13/h2-7,9H,8,10H2,1H3. The Morgan fingerprint density at radius 1 is 1.21 bits per heavy atom. The van der Waals surface area contributed by atoms with Gasteiger partial charge in [0.1, 0.15) is 5.78 Å². The van der Waals surface area contributed by atoms with Gasteiger partial charge < -0.3 is 0 Å². The van der Waals surface area contributed by atoms with Crippen molar-refractivity contribution in [2.24, 2.45) is 0 Å². The van der Waals surface area contributed by atoms with Crippen LogP contribution in [0.1, 0.15) is 11.3 Å². The van der Waals surface area contributed by atoms with E-state index < -0.39 is 0 Å². The van der Waals surface area contributed by atoms with Gasteiger partial charge in [0.2, 0.25) is 0 Å². The number of benzene rings is 1. The summed E-state index contributed by atoms with van der Waals surface area (Å²) in [5.74, 6) is 0.682. The number of carbonyl (C=O) groups excluding carboxylic acids is 1. The molecule has 2 rings (SSSR count). The Balaban J connectivity index is 1.84. The van der Waals surface area contributed by atoms with E-state index >= 15 is 0 Å². The van der Waals surface area contributed by atoms with Crippen LogP contribution in [0.5, 0.6) is 0 Å². The maximum Gasteiger partial charge on any atom is 0.149 e. The Bertz CT molecular complexity index is 551. The van der Waals surface area contributed by atoms with Gasteiger partial charge >= 0.3 is 0 Å². The molecule has 0 aliphatic heterocycles. The fourth-order valence-electron chi connectivity index (χ4n) is 1.56. The van der Waals surface area contributed by atoms with Crippen molar-refractivity contribution in [2.75, 3.05) is 5.75 Å². The van der Waals surface area contributed by atoms with Crippen molar-refractivity contribution < 1.29 is 4.79 Å². The fourth-order valence-corrected chi connectivity index (χ4v) is 2.56. The number of thioether (sulfide) groups is 1. The first kappa shape index (κ1) is 14.3. The topological polar surface area (TPSA) is 30.0 Å². The van der Waals surface area contributed by atoms with Gasteiger partial charge in [0, 0.05) is 27.7 Å². The zero-order valence-corrected chi connectivity index (χ0v) is 13.0. The second-order valence-corrected chi connectivity index (χ2v) is 6.25. The van der Waals surface area contributed by atoms with Crippen molar-refractivity contribution in [2.45, 2.75) is 18.2 Å². The van der Waals surface area contributed by atoms with Crippen LogP contribution < -0.4 is 0 Å². The summed E-state index contributed by atoms with van der Waals surface area (Å²) >= 11 is 4.90. The minimum absolute atomic E-state index is 0.195. The number of halogens is 1. The van der Waals surface area contributed by atoms with Crippen molar-refractivity contribution in [3.8, 4) is 0 Å². The monoisotopic (exact) mass is 335 g/mol. The molecule has 0 fully saturated rings. The summed E-state index contributed by atoms with van der Waals surface area (Å²) in [5.41, 5.74) is 2.05. The maximum atomic E-state index is 11.9. The van der Waals surface area contributed by atoms with Crippen LogP contribution >= 0.6 is 27.7 Å². The number of carbonyl (C=O) groups is 1. The average molecular weight is 336 g/mol. The molecule has 2 aromatic rings. The lowest BCUT2D eigenvalue weighted by Crippen LogP contribution is -2.06. The van der Waals surface area contributed by atoms with Crippen LogP contribution in [0.2, 0.25) is 0 Å². The van der Waals surface area contributed by atoms with Crippen molar-refractivity contribution in [1.82, 2.24) is 4.98 Å². The SMILES string of the molecule is Cc1ccc(SCC(=O)Cc2ccc(Br)cn2)cc1. The Morgan fingerprint density at radius 2 is 1.95 bits per heavy atom. The predicted octanol–water partition coefficient (Wildman–Crippen LogP) is 4.06. The summed E-state index contributed by atoms with van der Waals surface area (Å²) in [7, 11) is 0. The lowest BCUT2D eigenvalue weighted by atomic mass is 10.2. The smallest absolute Gasteiger partial charge is 0.149 e. The minimum atomic E-state index is 0.195. The summed E-state index contributed by atoms with van der Waals surface area (Å²) in [6.07, 6.45) is 2.11. The molecular weight excluding hydrogens is 322 g/mol. The molecule has 1 aromatic carbocycles. The van der Waals surface area contributed by atoms with Gasteiger partial charge in [-0.05, 0) is 47.1 Å². The van der Waals surface area contributed by atoms with E-state index in [9.17, 15) is 4.79 Å². The van der Waals surface area contributed by atoms with Gasteiger partial charge in [-0.15, -0.1) is 11.8 Å². The Morgan fingerprint density at radius 3 is 2.58 bits per heavy atom. The van der Waals surface area contributed by atoms with E-state index in [1.165, 1.54) is 5.56 Å². The number of pyridine rings is 1.